The number of aromatic nitrogens is 3. The Hall–Kier alpha value is -2.18. The molecule has 1 aromatic rings. The molecule has 0 unspecified atom stereocenters. The molecule has 96 valence electrons. The fourth-order valence-corrected chi connectivity index (χ4v) is 1.65. The molecule has 1 saturated carbocycles. The predicted molar refractivity (Wildman–Crippen MR) is 61.4 cm³/mol. The average molecular weight is 250 g/mol. The maximum Gasteiger partial charge on any atom is 0.330 e. The molecule has 0 aromatic carbocycles. The lowest BCUT2D eigenvalue weighted by molar-refractivity contribution is -0.135. The van der Waals surface area contributed by atoms with Crippen molar-refractivity contribution in [1.82, 2.24) is 20.3 Å². The molecule has 7 nitrogen and oxygen atoms in total. The molecule has 1 aliphatic carbocycles. The van der Waals surface area contributed by atoms with E-state index in [-0.39, 0.29) is 12.5 Å². The van der Waals surface area contributed by atoms with Crippen molar-refractivity contribution in [2.75, 3.05) is 13.7 Å². The average Bonchev–Trinajstić information content (AvgIpc) is 3.01. The second-order valence-corrected chi connectivity index (χ2v) is 4.01. The zero-order chi connectivity index (χ0) is 13.0. The van der Waals surface area contributed by atoms with Crippen molar-refractivity contribution >= 4 is 11.9 Å². The standard InChI is InChI=1S/C11H14N4O3/c1-18-9(16)3-2-6-12-10(17)11(4-5-11)15-8-7-13-14-15/h2-3,7-8H,4-6H2,1H3,(H,12,17)/b3-2+. The van der Waals surface area contributed by atoms with Crippen molar-refractivity contribution in [3.8, 4) is 0 Å². The summed E-state index contributed by atoms with van der Waals surface area (Å²) in [6.07, 6.45) is 7.55. The lowest BCUT2D eigenvalue weighted by Gasteiger charge is -2.13. The number of esters is 1. The van der Waals surface area contributed by atoms with E-state index < -0.39 is 11.5 Å². The monoisotopic (exact) mass is 250 g/mol. The third-order valence-electron chi connectivity index (χ3n) is 2.84. The Bertz CT molecular complexity index is 463. The summed E-state index contributed by atoms with van der Waals surface area (Å²) >= 11 is 0. The Morgan fingerprint density at radius 1 is 1.56 bits per heavy atom. The highest BCUT2D eigenvalue weighted by atomic mass is 16.5. The van der Waals surface area contributed by atoms with Crippen LogP contribution in [0.4, 0.5) is 0 Å². The van der Waals surface area contributed by atoms with E-state index in [0.717, 1.165) is 12.8 Å². The third-order valence-corrected chi connectivity index (χ3v) is 2.84. The largest absolute Gasteiger partial charge is 0.466 e. The second-order valence-electron chi connectivity index (χ2n) is 4.01. The first-order valence-electron chi connectivity index (χ1n) is 5.58. The number of methoxy groups -OCH3 is 1. The topological polar surface area (TPSA) is 86.1 Å². The Morgan fingerprint density at radius 3 is 2.89 bits per heavy atom. The maximum atomic E-state index is 12.0. The molecule has 0 atom stereocenters. The lowest BCUT2D eigenvalue weighted by Crippen LogP contribution is -2.39. The van der Waals surface area contributed by atoms with Gasteiger partial charge in [0, 0.05) is 18.8 Å². The number of rotatable bonds is 5. The summed E-state index contributed by atoms with van der Waals surface area (Å²) in [5.41, 5.74) is -0.588. The summed E-state index contributed by atoms with van der Waals surface area (Å²) in [6.45, 7) is 0.282. The first kappa shape index (κ1) is 12.3. The zero-order valence-electron chi connectivity index (χ0n) is 10.00. The van der Waals surface area contributed by atoms with Gasteiger partial charge in [0.05, 0.1) is 13.3 Å². The van der Waals surface area contributed by atoms with Crippen molar-refractivity contribution in [2.24, 2.45) is 0 Å². The molecule has 18 heavy (non-hydrogen) atoms. The van der Waals surface area contributed by atoms with Crippen LogP contribution in [0, 0.1) is 0 Å². The van der Waals surface area contributed by atoms with Gasteiger partial charge in [-0.15, -0.1) is 5.10 Å². The summed E-state index contributed by atoms with van der Waals surface area (Å²) < 4.78 is 6.01. The Balaban J connectivity index is 1.86. The molecule has 1 aromatic heterocycles. The smallest absolute Gasteiger partial charge is 0.330 e. The highest BCUT2D eigenvalue weighted by Gasteiger charge is 2.52. The summed E-state index contributed by atoms with van der Waals surface area (Å²) in [7, 11) is 1.30. The van der Waals surface area contributed by atoms with Gasteiger partial charge in [0.1, 0.15) is 5.54 Å². The van der Waals surface area contributed by atoms with Crippen molar-refractivity contribution < 1.29 is 14.3 Å². The molecule has 1 heterocycles. The lowest BCUT2D eigenvalue weighted by atomic mass is 10.2. The van der Waals surface area contributed by atoms with Crippen LogP contribution in [-0.4, -0.2) is 40.5 Å². The van der Waals surface area contributed by atoms with Crippen molar-refractivity contribution in [1.29, 1.82) is 0 Å². The molecule has 0 spiro atoms. The van der Waals surface area contributed by atoms with Crippen LogP contribution in [-0.2, 0) is 19.9 Å². The maximum absolute atomic E-state index is 12.0. The van der Waals surface area contributed by atoms with Crippen LogP contribution in [0.1, 0.15) is 12.8 Å². The van der Waals surface area contributed by atoms with Crippen LogP contribution in [0.3, 0.4) is 0 Å². The van der Waals surface area contributed by atoms with Crippen LogP contribution >= 0.6 is 0 Å². The highest BCUT2D eigenvalue weighted by molar-refractivity contribution is 5.87. The van der Waals surface area contributed by atoms with E-state index >= 15 is 0 Å². The number of nitrogens with zero attached hydrogens (tertiary/aromatic N) is 3. The Labute approximate surface area is 104 Å². The number of carbonyl (C=O) groups excluding carboxylic acids is 2. The van der Waals surface area contributed by atoms with Crippen molar-refractivity contribution in [3.05, 3.63) is 24.5 Å². The minimum absolute atomic E-state index is 0.109. The van der Waals surface area contributed by atoms with Gasteiger partial charge in [-0.3, -0.25) is 4.79 Å². The van der Waals surface area contributed by atoms with E-state index in [2.05, 4.69) is 20.4 Å². The summed E-state index contributed by atoms with van der Waals surface area (Å²) in [5, 5.41) is 10.3. The van der Waals surface area contributed by atoms with E-state index in [4.69, 9.17) is 0 Å². The number of carbonyl (C=O) groups is 2. The molecule has 1 aliphatic rings. The summed E-state index contributed by atoms with van der Waals surface area (Å²) in [4.78, 5) is 22.8. The van der Waals surface area contributed by atoms with Gasteiger partial charge in [0.2, 0.25) is 5.91 Å². The van der Waals surface area contributed by atoms with Gasteiger partial charge in [0.25, 0.3) is 0 Å². The highest BCUT2D eigenvalue weighted by Crippen LogP contribution is 2.42. The van der Waals surface area contributed by atoms with Gasteiger partial charge in [0.15, 0.2) is 0 Å². The summed E-state index contributed by atoms with van der Waals surface area (Å²) in [6, 6.07) is 0. The van der Waals surface area contributed by atoms with Crippen LogP contribution < -0.4 is 5.32 Å². The Kier molecular flexibility index (Phi) is 3.40. The quantitative estimate of drug-likeness (QED) is 0.568. The van der Waals surface area contributed by atoms with Crippen LogP contribution in [0.2, 0.25) is 0 Å². The molecule has 1 N–H and O–H groups in total. The third kappa shape index (κ3) is 2.39. The number of hydrogen-bond acceptors (Lipinski definition) is 5. The minimum Gasteiger partial charge on any atom is -0.466 e. The van der Waals surface area contributed by atoms with E-state index in [9.17, 15) is 9.59 Å². The van der Waals surface area contributed by atoms with Gasteiger partial charge >= 0.3 is 5.97 Å². The number of ether oxygens (including phenoxy) is 1. The molecule has 7 heteroatoms. The van der Waals surface area contributed by atoms with Gasteiger partial charge < -0.3 is 10.1 Å². The molecule has 0 bridgehead atoms. The van der Waals surface area contributed by atoms with Crippen LogP contribution in [0.5, 0.6) is 0 Å². The molecule has 2 rings (SSSR count). The minimum atomic E-state index is -0.588. The van der Waals surface area contributed by atoms with Crippen molar-refractivity contribution in [3.63, 3.8) is 0 Å². The molecule has 0 radical (unpaired) electrons. The second kappa shape index (κ2) is 4.99. The predicted octanol–water partition coefficient (Wildman–Crippen LogP) is -0.387. The van der Waals surface area contributed by atoms with E-state index in [1.807, 2.05) is 0 Å². The van der Waals surface area contributed by atoms with E-state index in [1.165, 1.54) is 13.2 Å². The van der Waals surface area contributed by atoms with Gasteiger partial charge in [-0.25, -0.2) is 9.48 Å². The normalized spacial score (nSPS) is 16.5. The first-order chi connectivity index (χ1) is 8.69. The Morgan fingerprint density at radius 2 is 2.33 bits per heavy atom. The number of hydrogen-bond donors (Lipinski definition) is 1. The molecule has 0 aliphatic heterocycles. The molecular formula is C11H14N4O3. The molecule has 1 fully saturated rings. The molecule has 1 amide bonds. The number of amides is 1. The molecular weight excluding hydrogens is 236 g/mol. The van der Waals surface area contributed by atoms with Gasteiger partial charge in [-0.2, -0.15) is 0 Å². The first-order valence-corrected chi connectivity index (χ1v) is 5.58. The fourth-order valence-electron chi connectivity index (χ4n) is 1.65. The van der Waals surface area contributed by atoms with E-state index in [1.54, 1.807) is 23.2 Å². The molecule has 0 saturated heterocycles. The SMILES string of the molecule is COC(=O)/C=C/CNC(=O)C1(n2ccnn2)CC1. The van der Waals surface area contributed by atoms with Crippen molar-refractivity contribution in [2.45, 2.75) is 18.4 Å². The van der Waals surface area contributed by atoms with Crippen LogP contribution in [0.25, 0.3) is 0 Å². The fraction of sp³-hybridized carbons (Fsp3) is 0.455. The zero-order valence-corrected chi connectivity index (χ0v) is 10.00. The van der Waals surface area contributed by atoms with E-state index in [0.29, 0.717) is 0 Å². The van der Waals surface area contributed by atoms with Gasteiger partial charge in [-0.05, 0) is 12.8 Å². The number of nitrogens with one attached hydrogen (secondary N) is 1. The van der Waals surface area contributed by atoms with Crippen LogP contribution in [0.15, 0.2) is 24.5 Å². The van der Waals surface area contributed by atoms with Gasteiger partial charge in [-0.1, -0.05) is 11.3 Å². The summed E-state index contributed by atoms with van der Waals surface area (Å²) in [5.74, 6) is -0.552.